The van der Waals surface area contributed by atoms with Gasteiger partial charge in [0.05, 0.1) is 7.11 Å². The van der Waals surface area contributed by atoms with Crippen LogP contribution in [0.25, 0.3) is 11.1 Å². The summed E-state index contributed by atoms with van der Waals surface area (Å²) in [5.41, 5.74) is 8.74. The second-order valence-corrected chi connectivity index (χ2v) is 3.35. The molecule has 2 aromatic carbocycles. The van der Waals surface area contributed by atoms with Gasteiger partial charge >= 0.3 is 0 Å². The van der Waals surface area contributed by atoms with Crippen molar-refractivity contribution in [2.24, 2.45) is 0 Å². The zero-order chi connectivity index (χ0) is 10.7. The minimum absolute atomic E-state index is 0. The first-order valence-electron chi connectivity index (χ1n) is 4.79. The van der Waals surface area contributed by atoms with E-state index in [2.05, 4.69) is 0 Å². The molecule has 84 valence electrons. The van der Waals surface area contributed by atoms with Gasteiger partial charge < -0.3 is 10.5 Å². The van der Waals surface area contributed by atoms with Crippen LogP contribution >= 0.6 is 12.4 Å². The van der Waals surface area contributed by atoms with Crippen molar-refractivity contribution in [3.8, 4) is 16.9 Å². The van der Waals surface area contributed by atoms with E-state index in [1.807, 2.05) is 48.5 Å². The first-order chi connectivity index (χ1) is 7.29. The SMILES string of the molecule is COc1ccc(-c2ccc(N)cc2)cc1.Cl. The molecule has 0 bridgehead atoms. The molecule has 0 atom stereocenters. The molecule has 0 aliphatic carbocycles. The summed E-state index contributed by atoms with van der Waals surface area (Å²) in [6.07, 6.45) is 0. The zero-order valence-electron chi connectivity index (χ0n) is 9.01. The normalized spacial score (nSPS) is 9.31. The van der Waals surface area contributed by atoms with Crippen LogP contribution in [0.5, 0.6) is 5.75 Å². The second-order valence-electron chi connectivity index (χ2n) is 3.35. The molecule has 3 heteroatoms. The fraction of sp³-hybridized carbons (Fsp3) is 0.0769. The lowest BCUT2D eigenvalue weighted by molar-refractivity contribution is 0.415. The molecule has 0 heterocycles. The lowest BCUT2D eigenvalue weighted by Crippen LogP contribution is -1.85. The van der Waals surface area contributed by atoms with E-state index in [-0.39, 0.29) is 12.4 Å². The van der Waals surface area contributed by atoms with E-state index in [9.17, 15) is 0 Å². The van der Waals surface area contributed by atoms with E-state index in [1.54, 1.807) is 7.11 Å². The van der Waals surface area contributed by atoms with Gasteiger partial charge in [-0.3, -0.25) is 0 Å². The Bertz CT molecular complexity index is 436. The van der Waals surface area contributed by atoms with Crippen molar-refractivity contribution in [3.05, 3.63) is 48.5 Å². The van der Waals surface area contributed by atoms with Crippen molar-refractivity contribution >= 4 is 18.1 Å². The van der Waals surface area contributed by atoms with Crippen LogP contribution in [0, 0.1) is 0 Å². The summed E-state index contributed by atoms with van der Waals surface area (Å²) in [7, 11) is 1.66. The number of rotatable bonds is 2. The summed E-state index contributed by atoms with van der Waals surface area (Å²) in [5.74, 6) is 0.870. The highest BCUT2D eigenvalue weighted by Crippen LogP contribution is 2.22. The van der Waals surface area contributed by atoms with Crippen molar-refractivity contribution in [2.45, 2.75) is 0 Å². The number of hydrogen-bond donors (Lipinski definition) is 1. The third-order valence-electron chi connectivity index (χ3n) is 2.33. The molecule has 0 amide bonds. The summed E-state index contributed by atoms with van der Waals surface area (Å²) in [5, 5.41) is 0. The summed E-state index contributed by atoms with van der Waals surface area (Å²) in [4.78, 5) is 0. The van der Waals surface area contributed by atoms with Crippen molar-refractivity contribution in [3.63, 3.8) is 0 Å². The van der Waals surface area contributed by atoms with Crippen LogP contribution in [0.15, 0.2) is 48.5 Å². The molecule has 0 saturated carbocycles. The number of anilines is 1. The van der Waals surface area contributed by atoms with Gasteiger partial charge in [0.25, 0.3) is 0 Å². The van der Waals surface area contributed by atoms with Gasteiger partial charge in [-0.25, -0.2) is 0 Å². The highest BCUT2D eigenvalue weighted by molar-refractivity contribution is 5.85. The number of nitrogen functional groups attached to an aromatic ring is 1. The van der Waals surface area contributed by atoms with E-state index < -0.39 is 0 Å². The van der Waals surface area contributed by atoms with Crippen molar-refractivity contribution < 1.29 is 4.74 Å². The van der Waals surface area contributed by atoms with Crippen molar-refractivity contribution in [1.29, 1.82) is 0 Å². The van der Waals surface area contributed by atoms with Crippen LogP contribution in [-0.4, -0.2) is 7.11 Å². The first-order valence-corrected chi connectivity index (χ1v) is 4.79. The highest BCUT2D eigenvalue weighted by atomic mass is 35.5. The third kappa shape index (κ3) is 2.67. The summed E-state index contributed by atoms with van der Waals surface area (Å²) >= 11 is 0. The molecule has 0 fully saturated rings. The standard InChI is InChI=1S/C13H13NO.ClH/c1-15-13-8-4-11(5-9-13)10-2-6-12(14)7-3-10;/h2-9H,14H2,1H3;1H. The van der Waals surface area contributed by atoms with Gasteiger partial charge in [0.1, 0.15) is 5.75 Å². The number of hydrogen-bond acceptors (Lipinski definition) is 2. The maximum Gasteiger partial charge on any atom is 0.118 e. The molecule has 2 rings (SSSR count). The Morgan fingerprint density at radius 3 is 1.69 bits per heavy atom. The van der Waals surface area contributed by atoms with Crippen LogP contribution in [0.3, 0.4) is 0 Å². The van der Waals surface area contributed by atoms with Crippen LogP contribution in [0.1, 0.15) is 0 Å². The average Bonchev–Trinajstić information content (AvgIpc) is 2.30. The van der Waals surface area contributed by atoms with Gasteiger partial charge in [-0.1, -0.05) is 24.3 Å². The Morgan fingerprint density at radius 2 is 1.25 bits per heavy atom. The molecule has 0 unspecified atom stereocenters. The fourth-order valence-corrected chi connectivity index (χ4v) is 1.46. The summed E-state index contributed by atoms with van der Waals surface area (Å²) < 4.78 is 5.10. The third-order valence-corrected chi connectivity index (χ3v) is 2.33. The quantitative estimate of drug-likeness (QED) is 0.810. The van der Waals surface area contributed by atoms with Crippen LogP contribution < -0.4 is 10.5 Å². The first kappa shape index (κ1) is 12.4. The molecule has 2 N–H and O–H groups in total. The lowest BCUT2D eigenvalue weighted by Gasteiger charge is -2.03. The van der Waals surface area contributed by atoms with E-state index in [4.69, 9.17) is 10.5 Å². The lowest BCUT2D eigenvalue weighted by atomic mass is 10.1. The predicted octanol–water partition coefficient (Wildman–Crippen LogP) is 3.37. The zero-order valence-corrected chi connectivity index (χ0v) is 9.83. The summed E-state index contributed by atoms with van der Waals surface area (Å²) in [6.45, 7) is 0. The molecule has 16 heavy (non-hydrogen) atoms. The van der Waals surface area contributed by atoms with Crippen molar-refractivity contribution in [2.75, 3.05) is 12.8 Å². The number of ether oxygens (including phenoxy) is 1. The molecule has 0 radical (unpaired) electrons. The maximum atomic E-state index is 5.63. The number of halogens is 1. The molecule has 0 aromatic heterocycles. The monoisotopic (exact) mass is 235 g/mol. The van der Waals surface area contributed by atoms with Gasteiger partial charge in [0.15, 0.2) is 0 Å². The van der Waals surface area contributed by atoms with Gasteiger partial charge in [-0.15, -0.1) is 12.4 Å². The minimum atomic E-state index is 0. The number of nitrogens with two attached hydrogens (primary N) is 1. The van der Waals surface area contributed by atoms with E-state index >= 15 is 0 Å². The number of methoxy groups -OCH3 is 1. The Kier molecular flexibility index (Phi) is 4.20. The van der Waals surface area contributed by atoms with Gasteiger partial charge in [-0.2, -0.15) is 0 Å². The molecular formula is C13H14ClNO. The molecule has 0 aliphatic rings. The smallest absolute Gasteiger partial charge is 0.118 e. The van der Waals surface area contributed by atoms with Crippen LogP contribution in [0.2, 0.25) is 0 Å². The summed E-state index contributed by atoms with van der Waals surface area (Å²) in [6, 6.07) is 15.8. The average molecular weight is 236 g/mol. The Labute approximate surface area is 101 Å². The van der Waals surface area contributed by atoms with E-state index in [0.29, 0.717) is 0 Å². The van der Waals surface area contributed by atoms with Crippen LogP contribution in [-0.2, 0) is 0 Å². The van der Waals surface area contributed by atoms with E-state index in [0.717, 1.165) is 22.6 Å². The van der Waals surface area contributed by atoms with Crippen molar-refractivity contribution in [1.82, 2.24) is 0 Å². The molecule has 2 aromatic rings. The minimum Gasteiger partial charge on any atom is -0.497 e. The molecule has 0 spiro atoms. The Balaban J connectivity index is 0.00000128. The molecular weight excluding hydrogens is 222 g/mol. The largest absolute Gasteiger partial charge is 0.497 e. The predicted molar refractivity (Wildman–Crippen MR) is 70.1 cm³/mol. The second kappa shape index (κ2) is 5.42. The number of benzene rings is 2. The van der Waals surface area contributed by atoms with Gasteiger partial charge in [0.2, 0.25) is 0 Å². The maximum absolute atomic E-state index is 5.63. The molecule has 0 saturated heterocycles. The van der Waals surface area contributed by atoms with Gasteiger partial charge in [0, 0.05) is 5.69 Å². The van der Waals surface area contributed by atoms with Gasteiger partial charge in [-0.05, 0) is 35.4 Å². The van der Waals surface area contributed by atoms with E-state index in [1.165, 1.54) is 0 Å². The molecule has 0 aliphatic heterocycles. The topological polar surface area (TPSA) is 35.2 Å². The van der Waals surface area contributed by atoms with Crippen LogP contribution in [0.4, 0.5) is 5.69 Å². The Hall–Kier alpha value is -1.67. The highest BCUT2D eigenvalue weighted by Gasteiger charge is 1.97. The molecule has 2 nitrogen and oxygen atoms in total. The Morgan fingerprint density at radius 1 is 0.812 bits per heavy atom. The fourth-order valence-electron chi connectivity index (χ4n) is 1.46.